The molecule has 2 heterocycles. The van der Waals surface area contributed by atoms with E-state index in [-0.39, 0.29) is 0 Å². The van der Waals surface area contributed by atoms with E-state index < -0.39 is 10.0 Å². The second kappa shape index (κ2) is 6.45. The van der Waals surface area contributed by atoms with Crippen molar-refractivity contribution < 1.29 is 8.42 Å². The number of hydrogen-bond donors (Lipinski definition) is 1. The Morgan fingerprint density at radius 3 is 2.50 bits per heavy atom. The van der Waals surface area contributed by atoms with Crippen molar-refractivity contribution in [3.05, 3.63) is 47.1 Å². The molecule has 5 nitrogen and oxygen atoms in total. The van der Waals surface area contributed by atoms with E-state index in [1.54, 1.807) is 24.5 Å². The summed E-state index contributed by atoms with van der Waals surface area (Å²) in [5, 5.41) is 0. The molecule has 0 bridgehead atoms. The standard InChI is InChI=1S/C13H17N3O2S2/c1-2-16(10-11-5-7-15-8-6-11)20(17,18)13-4-3-12(9-14)19-13/h3-8H,2,9-10,14H2,1H3. The molecule has 0 spiro atoms. The predicted molar refractivity (Wildman–Crippen MR) is 79.7 cm³/mol. The van der Waals surface area contributed by atoms with E-state index in [0.717, 1.165) is 10.4 Å². The normalized spacial score (nSPS) is 11.9. The highest BCUT2D eigenvalue weighted by Crippen LogP contribution is 2.25. The maximum atomic E-state index is 12.6. The fraction of sp³-hybridized carbons (Fsp3) is 0.308. The molecule has 2 aromatic heterocycles. The second-order valence-corrected chi connectivity index (χ2v) is 7.54. The van der Waals surface area contributed by atoms with Crippen molar-refractivity contribution in [2.45, 2.75) is 24.2 Å². The van der Waals surface area contributed by atoms with E-state index in [2.05, 4.69) is 4.98 Å². The maximum absolute atomic E-state index is 12.6. The third-order valence-electron chi connectivity index (χ3n) is 2.89. The van der Waals surface area contributed by atoms with Crippen LogP contribution >= 0.6 is 11.3 Å². The first-order chi connectivity index (χ1) is 9.57. The molecule has 2 rings (SSSR count). The molecule has 0 aromatic carbocycles. The zero-order chi connectivity index (χ0) is 14.6. The van der Waals surface area contributed by atoms with Gasteiger partial charge in [0.05, 0.1) is 0 Å². The lowest BCUT2D eigenvalue weighted by Gasteiger charge is -2.19. The molecule has 7 heteroatoms. The van der Waals surface area contributed by atoms with E-state index in [4.69, 9.17) is 5.73 Å². The molecule has 0 atom stereocenters. The van der Waals surface area contributed by atoms with E-state index in [1.165, 1.54) is 15.6 Å². The van der Waals surface area contributed by atoms with Gasteiger partial charge < -0.3 is 5.73 Å². The smallest absolute Gasteiger partial charge is 0.252 e. The third-order valence-corrected chi connectivity index (χ3v) is 6.39. The van der Waals surface area contributed by atoms with Crippen LogP contribution in [0.25, 0.3) is 0 Å². The van der Waals surface area contributed by atoms with E-state index in [9.17, 15) is 8.42 Å². The van der Waals surface area contributed by atoms with Crippen molar-refractivity contribution in [3.8, 4) is 0 Å². The lowest BCUT2D eigenvalue weighted by molar-refractivity contribution is 0.424. The number of thiophene rings is 1. The van der Waals surface area contributed by atoms with Gasteiger partial charge in [-0.1, -0.05) is 6.92 Å². The van der Waals surface area contributed by atoms with Crippen LogP contribution in [0, 0.1) is 0 Å². The molecule has 0 aliphatic heterocycles. The summed E-state index contributed by atoms with van der Waals surface area (Å²) in [6.07, 6.45) is 3.32. The van der Waals surface area contributed by atoms with Crippen molar-refractivity contribution in [2.75, 3.05) is 6.54 Å². The molecular formula is C13H17N3O2S2. The third kappa shape index (κ3) is 3.24. The number of hydrogen-bond acceptors (Lipinski definition) is 5. The number of aromatic nitrogens is 1. The predicted octanol–water partition coefficient (Wildman–Crippen LogP) is 1.81. The Labute approximate surface area is 123 Å². The summed E-state index contributed by atoms with van der Waals surface area (Å²) in [6, 6.07) is 7.02. The van der Waals surface area contributed by atoms with Crippen LogP contribution in [0.2, 0.25) is 0 Å². The van der Waals surface area contributed by atoms with Crippen molar-refractivity contribution in [1.29, 1.82) is 0 Å². The van der Waals surface area contributed by atoms with Crippen LogP contribution in [0.15, 0.2) is 40.9 Å². The van der Waals surface area contributed by atoms with Gasteiger partial charge in [-0.05, 0) is 29.8 Å². The highest BCUT2D eigenvalue weighted by Gasteiger charge is 2.24. The molecule has 0 amide bonds. The first-order valence-electron chi connectivity index (χ1n) is 6.25. The number of nitrogens with two attached hydrogens (primary N) is 1. The van der Waals surface area contributed by atoms with Gasteiger partial charge in [0.2, 0.25) is 0 Å². The Balaban J connectivity index is 2.25. The molecule has 0 aliphatic rings. The molecule has 0 saturated heterocycles. The van der Waals surface area contributed by atoms with Crippen molar-refractivity contribution in [3.63, 3.8) is 0 Å². The Kier molecular flexibility index (Phi) is 4.87. The van der Waals surface area contributed by atoms with Gasteiger partial charge in [0.25, 0.3) is 10.0 Å². The van der Waals surface area contributed by atoms with Gasteiger partial charge >= 0.3 is 0 Å². The molecule has 0 saturated carbocycles. The Bertz CT molecular complexity index is 653. The summed E-state index contributed by atoms with van der Waals surface area (Å²) in [5.41, 5.74) is 6.45. The molecule has 108 valence electrons. The zero-order valence-corrected chi connectivity index (χ0v) is 12.8. The molecule has 0 aliphatic carbocycles. The average Bonchev–Trinajstić information content (AvgIpc) is 2.95. The van der Waals surface area contributed by atoms with Gasteiger partial charge in [-0.25, -0.2) is 8.42 Å². The van der Waals surface area contributed by atoms with Gasteiger partial charge in [-0.15, -0.1) is 11.3 Å². The number of sulfonamides is 1. The fourth-order valence-corrected chi connectivity index (χ4v) is 4.62. The Morgan fingerprint density at radius 2 is 1.95 bits per heavy atom. The van der Waals surface area contributed by atoms with Gasteiger partial charge in [0.15, 0.2) is 0 Å². The molecule has 20 heavy (non-hydrogen) atoms. The average molecular weight is 311 g/mol. The van der Waals surface area contributed by atoms with Crippen LogP contribution in [0.3, 0.4) is 0 Å². The van der Waals surface area contributed by atoms with Crippen LogP contribution in [0.1, 0.15) is 17.4 Å². The first kappa shape index (κ1) is 15.1. The van der Waals surface area contributed by atoms with Crippen LogP contribution in [0.4, 0.5) is 0 Å². The summed E-state index contributed by atoms with van der Waals surface area (Å²) in [7, 11) is -3.46. The lowest BCUT2D eigenvalue weighted by atomic mass is 10.3. The first-order valence-corrected chi connectivity index (χ1v) is 8.51. The zero-order valence-electron chi connectivity index (χ0n) is 11.2. The van der Waals surface area contributed by atoms with Crippen LogP contribution in [-0.4, -0.2) is 24.3 Å². The highest BCUT2D eigenvalue weighted by atomic mass is 32.2. The minimum absolute atomic E-state index is 0.342. The highest BCUT2D eigenvalue weighted by molar-refractivity contribution is 7.91. The van der Waals surface area contributed by atoms with E-state index in [0.29, 0.717) is 23.8 Å². The quantitative estimate of drug-likeness (QED) is 0.883. The topological polar surface area (TPSA) is 76.3 Å². The van der Waals surface area contributed by atoms with Crippen molar-refractivity contribution in [1.82, 2.24) is 9.29 Å². The molecule has 2 aromatic rings. The summed E-state index contributed by atoms with van der Waals surface area (Å²) >= 11 is 1.23. The second-order valence-electron chi connectivity index (χ2n) is 4.21. The van der Waals surface area contributed by atoms with Crippen LogP contribution in [0.5, 0.6) is 0 Å². The molecule has 0 radical (unpaired) electrons. The van der Waals surface area contributed by atoms with Crippen LogP contribution in [-0.2, 0) is 23.1 Å². The Hall–Kier alpha value is -1.28. The fourth-order valence-electron chi connectivity index (χ4n) is 1.79. The molecule has 0 fully saturated rings. The maximum Gasteiger partial charge on any atom is 0.252 e. The summed E-state index contributed by atoms with van der Waals surface area (Å²) in [6.45, 7) is 2.95. The minimum atomic E-state index is -3.46. The van der Waals surface area contributed by atoms with Gasteiger partial charge in [0.1, 0.15) is 4.21 Å². The van der Waals surface area contributed by atoms with Crippen LogP contribution < -0.4 is 5.73 Å². The monoisotopic (exact) mass is 311 g/mol. The van der Waals surface area contributed by atoms with Gasteiger partial charge in [-0.3, -0.25) is 4.98 Å². The van der Waals surface area contributed by atoms with E-state index in [1.807, 2.05) is 19.1 Å². The molecular weight excluding hydrogens is 294 g/mol. The number of rotatable bonds is 6. The summed E-state index contributed by atoms with van der Waals surface area (Å²) in [5.74, 6) is 0. The summed E-state index contributed by atoms with van der Waals surface area (Å²) in [4.78, 5) is 4.80. The van der Waals surface area contributed by atoms with Crippen molar-refractivity contribution >= 4 is 21.4 Å². The van der Waals surface area contributed by atoms with E-state index >= 15 is 0 Å². The van der Waals surface area contributed by atoms with Gasteiger partial charge in [0, 0.05) is 36.9 Å². The van der Waals surface area contributed by atoms with Crippen molar-refractivity contribution in [2.24, 2.45) is 5.73 Å². The Morgan fingerprint density at radius 1 is 1.25 bits per heavy atom. The largest absolute Gasteiger partial charge is 0.326 e. The lowest BCUT2D eigenvalue weighted by Crippen LogP contribution is -2.29. The van der Waals surface area contributed by atoms with Gasteiger partial charge in [-0.2, -0.15) is 4.31 Å². The number of pyridine rings is 1. The SMILES string of the molecule is CCN(Cc1ccncc1)S(=O)(=O)c1ccc(CN)s1. The number of nitrogens with zero attached hydrogens (tertiary/aromatic N) is 2. The minimum Gasteiger partial charge on any atom is -0.326 e. The molecule has 2 N–H and O–H groups in total. The molecule has 0 unspecified atom stereocenters. The summed E-state index contributed by atoms with van der Waals surface area (Å²) < 4.78 is 26.9.